The van der Waals surface area contributed by atoms with Crippen LogP contribution in [-0.4, -0.2) is 37.2 Å². The molecule has 0 aromatic rings. The van der Waals surface area contributed by atoms with E-state index in [-0.39, 0.29) is 0 Å². The van der Waals surface area contributed by atoms with Crippen molar-refractivity contribution in [1.82, 2.24) is 4.90 Å². The van der Waals surface area contributed by atoms with Gasteiger partial charge in [0.15, 0.2) is 0 Å². The minimum atomic E-state index is 0.336. The Morgan fingerprint density at radius 1 is 1.42 bits per heavy atom. The third-order valence-electron chi connectivity index (χ3n) is 2.64. The molecule has 2 nitrogen and oxygen atoms in total. The number of likely N-dealkylation sites (tertiary alicyclic amines) is 1. The fourth-order valence-electron chi connectivity index (χ4n) is 1.81. The van der Waals surface area contributed by atoms with Gasteiger partial charge in [0, 0.05) is 19.2 Å². The summed E-state index contributed by atoms with van der Waals surface area (Å²) in [6.45, 7) is 10.2. The van der Waals surface area contributed by atoms with Gasteiger partial charge in [-0.15, -0.1) is 0 Å². The zero-order chi connectivity index (χ0) is 9.19. The molecule has 1 aliphatic rings. The Hall–Kier alpha value is -0.0800. The van der Waals surface area contributed by atoms with Crippen molar-refractivity contribution in [2.45, 2.75) is 32.7 Å². The van der Waals surface area contributed by atoms with Gasteiger partial charge in [0.05, 0.1) is 6.61 Å². The Kier molecular flexibility index (Phi) is 3.13. The molecule has 0 aromatic heterocycles. The quantitative estimate of drug-likeness (QED) is 0.627. The molecule has 0 N–H and O–H groups in total. The molecule has 0 bridgehead atoms. The maximum absolute atomic E-state index is 5.16. The fraction of sp³-hybridized carbons (Fsp3) is 1.00. The highest BCUT2D eigenvalue weighted by atomic mass is 16.5. The van der Waals surface area contributed by atoms with Crippen LogP contribution in [-0.2, 0) is 4.74 Å². The Morgan fingerprint density at radius 2 is 2.08 bits per heavy atom. The molecular formula is C10H21NO. The summed E-state index contributed by atoms with van der Waals surface area (Å²) in [6, 6.07) is 0. The molecule has 12 heavy (non-hydrogen) atoms. The predicted molar refractivity (Wildman–Crippen MR) is 51.3 cm³/mol. The molecule has 1 saturated heterocycles. The maximum atomic E-state index is 5.16. The van der Waals surface area contributed by atoms with E-state index in [0.29, 0.717) is 5.54 Å². The zero-order valence-electron chi connectivity index (χ0n) is 8.76. The van der Waals surface area contributed by atoms with Gasteiger partial charge in [-0.3, -0.25) is 4.90 Å². The SMILES string of the molecule is COC[C@@H]1CCN(C(C)(C)C)C1. The second kappa shape index (κ2) is 3.75. The zero-order valence-corrected chi connectivity index (χ0v) is 8.76. The van der Waals surface area contributed by atoms with E-state index in [0.717, 1.165) is 12.5 Å². The van der Waals surface area contributed by atoms with Crippen LogP contribution in [0.5, 0.6) is 0 Å². The van der Waals surface area contributed by atoms with Gasteiger partial charge in [-0.1, -0.05) is 0 Å². The summed E-state index contributed by atoms with van der Waals surface area (Å²) in [6.07, 6.45) is 1.30. The summed E-state index contributed by atoms with van der Waals surface area (Å²) in [5.41, 5.74) is 0.336. The van der Waals surface area contributed by atoms with Crippen LogP contribution in [0.2, 0.25) is 0 Å². The standard InChI is InChI=1S/C10H21NO/c1-10(2,3)11-6-5-9(7-11)8-12-4/h9H,5-8H2,1-4H3/t9-/m1/s1. The molecule has 0 saturated carbocycles. The lowest BCUT2D eigenvalue weighted by molar-refractivity contribution is 0.131. The van der Waals surface area contributed by atoms with Gasteiger partial charge in [-0.25, -0.2) is 0 Å². The largest absolute Gasteiger partial charge is 0.384 e. The molecule has 0 spiro atoms. The molecule has 1 heterocycles. The molecule has 0 amide bonds. The van der Waals surface area contributed by atoms with Crippen molar-refractivity contribution >= 4 is 0 Å². The molecule has 0 aliphatic carbocycles. The van der Waals surface area contributed by atoms with E-state index in [2.05, 4.69) is 25.7 Å². The van der Waals surface area contributed by atoms with Crippen molar-refractivity contribution in [3.8, 4) is 0 Å². The van der Waals surface area contributed by atoms with Crippen LogP contribution in [0.4, 0.5) is 0 Å². The maximum Gasteiger partial charge on any atom is 0.0503 e. The van der Waals surface area contributed by atoms with Crippen LogP contribution in [0.25, 0.3) is 0 Å². The van der Waals surface area contributed by atoms with Crippen LogP contribution in [0, 0.1) is 5.92 Å². The molecule has 1 rings (SSSR count). The molecule has 0 aromatic carbocycles. The van der Waals surface area contributed by atoms with Crippen LogP contribution >= 0.6 is 0 Å². The van der Waals surface area contributed by atoms with Gasteiger partial charge in [0.1, 0.15) is 0 Å². The van der Waals surface area contributed by atoms with Crippen molar-refractivity contribution in [1.29, 1.82) is 0 Å². The van der Waals surface area contributed by atoms with Gasteiger partial charge in [-0.05, 0) is 39.7 Å². The third kappa shape index (κ3) is 2.46. The lowest BCUT2D eigenvalue weighted by Gasteiger charge is -2.31. The van der Waals surface area contributed by atoms with Gasteiger partial charge >= 0.3 is 0 Å². The highest BCUT2D eigenvalue weighted by Crippen LogP contribution is 2.24. The monoisotopic (exact) mass is 171 g/mol. The van der Waals surface area contributed by atoms with Gasteiger partial charge < -0.3 is 4.74 Å². The van der Waals surface area contributed by atoms with Crippen LogP contribution in [0.3, 0.4) is 0 Å². The topological polar surface area (TPSA) is 12.5 Å². The molecule has 0 unspecified atom stereocenters. The molecule has 0 radical (unpaired) electrons. The molecule has 1 fully saturated rings. The Labute approximate surface area is 75.9 Å². The van der Waals surface area contributed by atoms with E-state index in [4.69, 9.17) is 4.74 Å². The number of rotatable bonds is 2. The predicted octanol–water partition coefficient (Wildman–Crippen LogP) is 1.75. The van der Waals surface area contributed by atoms with E-state index in [1.54, 1.807) is 7.11 Å². The first-order valence-corrected chi connectivity index (χ1v) is 4.78. The molecule has 2 heteroatoms. The van der Waals surface area contributed by atoms with Gasteiger partial charge in [-0.2, -0.15) is 0 Å². The van der Waals surface area contributed by atoms with Crippen LogP contribution in [0.1, 0.15) is 27.2 Å². The summed E-state index contributed by atoms with van der Waals surface area (Å²) in [5.74, 6) is 0.759. The van der Waals surface area contributed by atoms with Gasteiger partial charge in [0.25, 0.3) is 0 Å². The van der Waals surface area contributed by atoms with E-state index >= 15 is 0 Å². The Bertz CT molecular complexity index is 139. The Balaban J connectivity index is 2.35. The van der Waals surface area contributed by atoms with Crippen molar-refractivity contribution in [3.05, 3.63) is 0 Å². The van der Waals surface area contributed by atoms with Crippen LogP contribution < -0.4 is 0 Å². The minimum Gasteiger partial charge on any atom is -0.384 e. The van der Waals surface area contributed by atoms with Crippen LogP contribution in [0.15, 0.2) is 0 Å². The molecule has 72 valence electrons. The normalized spacial score (nSPS) is 26.5. The average molecular weight is 171 g/mol. The van der Waals surface area contributed by atoms with Crippen molar-refractivity contribution < 1.29 is 4.74 Å². The molecule has 1 aliphatic heterocycles. The molecular weight excluding hydrogens is 150 g/mol. The summed E-state index contributed by atoms with van der Waals surface area (Å²) < 4.78 is 5.16. The van der Waals surface area contributed by atoms with Crippen molar-refractivity contribution in [2.24, 2.45) is 5.92 Å². The van der Waals surface area contributed by atoms with Crippen molar-refractivity contribution in [2.75, 3.05) is 26.8 Å². The van der Waals surface area contributed by atoms with E-state index in [1.165, 1.54) is 19.5 Å². The number of hydrogen-bond acceptors (Lipinski definition) is 2. The number of nitrogens with zero attached hydrogens (tertiary/aromatic N) is 1. The second-order valence-electron chi connectivity index (χ2n) is 4.73. The van der Waals surface area contributed by atoms with E-state index < -0.39 is 0 Å². The van der Waals surface area contributed by atoms with Gasteiger partial charge in [0.2, 0.25) is 0 Å². The fourth-order valence-corrected chi connectivity index (χ4v) is 1.81. The summed E-state index contributed by atoms with van der Waals surface area (Å²) >= 11 is 0. The third-order valence-corrected chi connectivity index (χ3v) is 2.64. The summed E-state index contributed by atoms with van der Waals surface area (Å²) in [4.78, 5) is 2.54. The second-order valence-corrected chi connectivity index (χ2v) is 4.73. The summed E-state index contributed by atoms with van der Waals surface area (Å²) in [7, 11) is 1.79. The minimum absolute atomic E-state index is 0.336. The first-order chi connectivity index (χ1) is 5.54. The number of ether oxygens (including phenoxy) is 1. The first-order valence-electron chi connectivity index (χ1n) is 4.78. The van der Waals surface area contributed by atoms with Crippen molar-refractivity contribution in [3.63, 3.8) is 0 Å². The van der Waals surface area contributed by atoms with E-state index in [1.807, 2.05) is 0 Å². The summed E-state index contributed by atoms with van der Waals surface area (Å²) in [5, 5.41) is 0. The Morgan fingerprint density at radius 3 is 2.50 bits per heavy atom. The number of methoxy groups -OCH3 is 1. The lowest BCUT2D eigenvalue weighted by atomic mass is 10.1. The highest BCUT2D eigenvalue weighted by molar-refractivity contribution is 4.84. The number of hydrogen-bond donors (Lipinski definition) is 0. The first kappa shape index (κ1) is 10.0. The lowest BCUT2D eigenvalue weighted by Crippen LogP contribution is -2.39. The highest BCUT2D eigenvalue weighted by Gasteiger charge is 2.29. The van der Waals surface area contributed by atoms with E-state index in [9.17, 15) is 0 Å². The molecule has 1 atom stereocenters. The smallest absolute Gasteiger partial charge is 0.0503 e. The average Bonchev–Trinajstić information content (AvgIpc) is 2.35.